The number of phenolic OH excluding ortho intramolecular Hbond substituents is 1. The molecular weight excluding hydrogens is 324 g/mol. The second-order valence-corrected chi connectivity index (χ2v) is 6.41. The monoisotopic (exact) mass is 346 g/mol. The highest BCUT2D eigenvalue weighted by atomic mass is 79.9. The molecule has 0 saturated carbocycles. The SMILES string of the molecule is CCc1cc(C(CC)(CC)c2ccc(Br)cc2)ccc1O. The molecule has 0 aliphatic heterocycles. The van der Waals surface area contributed by atoms with Gasteiger partial charge in [-0.2, -0.15) is 0 Å². The van der Waals surface area contributed by atoms with Crippen LogP contribution in [-0.4, -0.2) is 5.11 Å². The Labute approximate surface area is 136 Å². The van der Waals surface area contributed by atoms with Crippen molar-refractivity contribution in [1.29, 1.82) is 0 Å². The summed E-state index contributed by atoms with van der Waals surface area (Å²) >= 11 is 3.51. The van der Waals surface area contributed by atoms with Gasteiger partial charge in [0.1, 0.15) is 5.75 Å². The van der Waals surface area contributed by atoms with E-state index in [4.69, 9.17) is 0 Å². The molecule has 2 aromatic rings. The third kappa shape index (κ3) is 3.01. The maximum atomic E-state index is 9.95. The lowest BCUT2D eigenvalue weighted by atomic mass is 9.70. The molecular formula is C19H23BrO. The van der Waals surface area contributed by atoms with Crippen LogP contribution in [0.15, 0.2) is 46.9 Å². The molecule has 0 radical (unpaired) electrons. The maximum Gasteiger partial charge on any atom is 0.118 e. The number of halogens is 1. The summed E-state index contributed by atoms with van der Waals surface area (Å²) in [4.78, 5) is 0. The Balaban J connectivity index is 2.59. The van der Waals surface area contributed by atoms with Gasteiger partial charge in [0.15, 0.2) is 0 Å². The van der Waals surface area contributed by atoms with Gasteiger partial charge in [-0.3, -0.25) is 0 Å². The molecule has 2 aromatic carbocycles. The van der Waals surface area contributed by atoms with Crippen LogP contribution in [0.4, 0.5) is 0 Å². The van der Waals surface area contributed by atoms with Gasteiger partial charge in [0.2, 0.25) is 0 Å². The van der Waals surface area contributed by atoms with Gasteiger partial charge in [-0.1, -0.05) is 61.0 Å². The van der Waals surface area contributed by atoms with Gasteiger partial charge in [-0.05, 0) is 54.2 Å². The molecule has 0 aliphatic rings. The van der Waals surface area contributed by atoms with Crippen LogP contribution in [-0.2, 0) is 11.8 Å². The van der Waals surface area contributed by atoms with Crippen LogP contribution in [0.2, 0.25) is 0 Å². The lowest BCUT2D eigenvalue weighted by molar-refractivity contribution is 0.460. The molecule has 0 saturated heterocycles. The zero-order valence-electron chi connectivity index (χ0n) is 13.0. The maximum absolute atomic E-state index is 9.95. The summed E-state index contributed by atoms with van der Waals surface area (Å²) in [5.74, 6) is 0.401. The number of benzene rings is 2. The lowest BCUT2D eigenvalue weighted by Crippen LogP contribution is -2.26. The number of hydrogen-bond acceptors (Lipinski definition) is 1. The van der Waals surface area contributed by atoms with E-state index < -0.39 is 0 Å². The van der Waals surface area contributed by atoms with Crippen molar-refractivity contribution >= 4 is 15.9 Å². The zero-order valence-corrected chi connectivity index (χ0v) is 14.6. The highest BCUT2D eigenvalue weighted by Crippen LogP contribution is 2.40. The number of phenols is 1. The lowest BCUT2D eigenvalue weighted by Gasteiger charge is -2.33. The quantitative estimate of drug-likeness (QED) is 0.722. The average Bonchev–Trinajstić information content (AvgIpc) is 2.52. The Morgan fingerprint density at radius 2 is 1.48 bits per heavy atom. The predicted molar refractivity (Wildman–Crippen MR) is 93.0 cm³/mol. The molecule has 0 atom stereocenters. The molecule has 0 aliphatic carbocycles. The van der Waals surface area contributed by atoms with E-state index in [1.807, 2.05) is 6.07 Å². The highest BCUT2D eigenvalue weighted by Gasteiger charge is 2.31. The van der Waals surface area contributed by atoms with Gasteiger partial charge in [0.25, 0.3) is 0 Å². The standard InChI is InChI=1S/C19H23BrO/c1-4-14-13-16(9-12-18(14)21)19(5-2,6-3)15-7-10-17(20)11-8-15/h7-13,21H,4-6H2,1-3H3. The van der Waals surface area contributed by atoms with Gasteiger partial charge in [0, 0.05) is 9.89 Å². The molecule has 0 unspecified atom stereocenters. The fourth-order valence-corrected chi connectivity index (χ4v) is 3.43. The van der Waals surface area contributed by atoms with E-state index in [9.17, 15) is 5.11 Å². The Morgan fingerprint density at radius 1 is 0.905 bits per heavy atom. The summed E-state index contributed by atoms with van der Waals surface area (Å²) in [6, 6.07) is 14.7. The summed E-state index contributed by atoms with van der Waals surface area (Å²) in [6.07, 6.45) is 2.93. The minimum Gasteiger partial charge on any atom is -0.508 e. The zero-order chi connectivity index (χ0) is 15.5. The van der Waals surface area contributed by atoms with Crippen molar-refractivity contribution in [3.05, 3.63) is 63.6 Å². The summed E-state index contributed by atoms with van der Waals surface area (Å²) in [6.45, 7) is 6.56. The van der Waals surface area contributed by atoms with E-state index in [0.717, 1.165) is 29.3 Å². The molecule has 21 heavy (non-hydrogen) atoms. The van der Waals surface area contributed by atoms with Crippen LogP contribution < -0.4 is 0 Å². The van der Waals surface area contributed by atoms with Gasteiger partial charge in [-0.25, -0.2) is 0 Å². The fraction of sp³-hybridized carbons (Fsp3) is 0.368. The summed E-state index contributed by atoms with van der Waals surface area (Å²) < 4.78 is 1.10. The second-order valence-electron chi connectivity index (χ2n) is 5.49. The van der Waals surface area contributed by atoms with E-state index in [1.54, 1.807) is 0 Å². The molecule has 1 N–H and O–H groups in total. The minimum absolute atomic E-state index is 0.0122. The Bertz CT molecular complexity index is 597. The Hall–Kier alpha value is -1.28. The second kappa shape index (κ2) is 6.65. The molecule has 0 amide bonds. The normalized spacial score (nSPS) is 11.6. The molecule has 0 bridgehead atoms. The summed E-state index contributed by atoms with van der Waals surface area (Å²) in [5.41, 5.74) is 3.67. The first-order valence-electron chi connectivity index (χ1n) is 7.65. The Kier molecular flexibility index (Phi) is 5.10. The number of rotatable bonds is 5. The van der Waals surface area contributed by atoms with Crippen LogP contribution in [0, 0.1) is 0 Å². The van der Waals surface area contributed by atoms with Gasteiger partial charge >= 0.3 is 0 Å². The van der Waals surface area contributed by atoms with Gasteiger partial charge in [-0.15, -0.1) is 0 Å². The smallest absolute Gasteiger partial charge is 0.118 e. The van der Waals surface area contributed by atoms with Crippen molar-refractivity contribution in [2.24, 2.45) is 0 Å². The van der Waals surface area contributed by atoms with Crippen LogP contribution in [0.3, 0.4) is 0 Å². The molecule has 0 aromatic heterocycles. The van der Waals surface area contributed by atoms with Crippen molar-refractivity contribution in [2.75, 3.05) is 0 Å². The van der Waals surface area contributed by atoms with Crippen molar-refractivity contribution in [2.45, 2.75) is 45.4 Å². The Morgan fingerprint density at radius 3 is 2.00 bits per heavy atom. The average molecular weight is 347 g/mol. The van der Waals surface area contributed by atoms with Crippen molar-refractivity contribution in [1.82, 2.24) is 0 Å². The van der Waals surface area contributed by atoms with Crippen molar-refractivity contribution in [3.63, 3.8) is 0 Å². The summed E-state index contributed by atoms with van der Waals surface area (Å²) in [5, 5.41) is 9.95. The third-order valence-corrected chi connectivity index (χ3v) is 5.15. The van der Waals surface area contributed by atoms with Gasteiger partial charge < -0.3 is 5.11 Å². The highest BCUT2D eigenvalue weighted by molar-refractivity contribution is 9.10. The first kappa shape index (κ1) is 16.1. The molecule has 2 rings (SSSR count). The molecule has 0 heterocycles. The first-order valence-corrected chi connectivity index (χ1v) is 8.45. The number of aromatic hydroxyl groups is 1. The van der Waals surface area contributed by atoms with Crippen LogP contribution in [0.25, 0.3) is 0 Å². The van der Waals surface area contributed by atoms with E-state index >= 15 is 0 Å². The van der Waals surface area contributed by atoms with Crippen molar-refractivity contribution < 1.29 is 5.11 Å². The first-order chi connectivity index (χ1) is 10.1. The van der Waals surface area contributed by atoms with Crippen LogP contribution >= 0.6 is 15.9 Å². The molecule has 0 spiro atoms. The van der Waals surface area contributed by atoms with Gasteiger partial charge in [0.05, 0.1) is 0 Å². The summed E-state index contributed by atoms with van der Waals surface area (Å²) in [7, 11) is 0. The van der Waals surface area contributed by atoms with Crippen molar-refractivity contribution in [3.8, 4) is 5.75 Å². The van der Waals surface area contributed by atoms with Crippen LogP contribution in [0.5, 0.6) is 5.75 Å². The largest absolute Gasteiger partial charge is 0.508 e. The molecule has 0 fully saturated rings. The third-order valence-electron chi connectivity index (χ3n) is 4.62. The number of aryl methyl sites for hydroxylation is 1. The molecule has 112 valence electrons. The van der Waals surface area contributed by atoms with Crippen LogP contribution in [0.1, 0.15) is 50.3 Å². The predicted octanol–water partition coefficient (Wildman–Crippen LogP) is 5.82. The number of hydrogen-bond donors (Lipinski definition) is 1. The van der Waals surface area contributed by atoms with E-state index in [0.29, 0.717) is 5.75 Å². The van der Waals surface area contributed by atoms with E-state index in [1.165, 1.54) is 11.1 Å². The minimum atomic E-state index is 0.0122. The van der Waals surface area contributed by atoms with E-state index in [-0.39, 0.29) is 5.41 Å². The van der Waals surface area contributed by atoms with E-state index in [2.05, 4.69) is 73.1 Å². The molecule has 1 nitrogen and oxygen atoms in total. The topological polar surface area (TPSA) is 20.2 Å². The fourth-order valence-electron chi connectivity index (χ4n) is 3.17. The molecule has 2 heteroatoms.